The molecule has 5 heteroatoms. The van der Waals surface area contributed by atoms with Gasteiger partial charge < -0.3 is 9.64 Å². The molecule has 1 aliphatic heterocycles. The van der Waals surface area contributed by atoms with Crippen molar-refractivity contribution >= 4 is 21.7 Å². The van der Waals surface area contributed by atoms with Crippen molar-refractivity contribution < 1.29 is 4.74 Å². The molecule has 1 saturated heterocycles. The zero-order valence-electron chi connectivity index (χ0n) is 9.40. The van der Waals surface area contributed by atoms with Crippen molar-refractivity contribution in [1.29, 1.82) is 0 Å². The van der Waals surface area contributed by atoms with Gasteiger partial charge in [-0.3, -0.25) is 0 Å². The van der Waals surface area contributed by atoms with Gasteiger partial charge in [0.2, 0.25) is 5.88 Å². The first-order valence-corrected chi connectivity index (χ1v) is 6.71. The van der Waals surface area contributed by atoms with E-state index in [9.17, 15) is 0 Å². The molecule has 2 heterocycles. The Morgan fingerprint density at radius 3 is 3.12 bits per heavy atom. The molecule has 1 aliphatic rings. The van der Waals surface area contributed by atoms with Crippen LogP contribution in [0.3, 0.4) is 0 Å². The maximum Gasteiger partial charge on any atom is 0.218 e. The molecule has 1 unspecified atom stereocenters. The standard InChI is InChI=1S/C11H16BrN3O/c1-2-16-11-5-10(13-8-14-11)15-4-3-9(6-12)7-15/h5,8-9H,2-4,6-7H2,1H3. The molecular formula is C11H16BrN3O. The number of anilines is 1. The summed E-state index contributed by atoms with van der Waals surface area (Å²) in [6.45, 7) is 4.73. The van der Waals surface area contributed by atoms with Gasteiger partial charge in [0.25, 0.3) is 0 Å². The highest BCUT2D eigenvalue weighted by Gasteiger charge is 2.22. The third kappa shape index (κ3) is 2.64. The molecule has 0 saturated carbocycles. The topological polar surface area (TPSA) is 38.2 Å². The molecule has 88 valence electrons. The summed E-state index contributed by atoms with van der Waals surface area (Å²) in [4.78, 5) is 10.7. The first-order valence-electron chi connectivity index (χ1n) is 5.59. The van der Waals surface area contributed by atoms with Crippen LogP contribution >= 0.6 is 15.9 Å². The minimum absolute atomic E-state index is 0.639. The van der Waals surface area contributed by atoms with Crippen LogP contribution in [-0.2, 0) is 0 Å². The lowest BCUT2D eigenvalue weighted by molar-refractivity contribution is 0.326. The number of aromatic nitrogens is 2. The Hall–Kier alpha value is -0.840. The number of rotatable bonds is 4. The summed E-state index contributed by atoms with van der Waals surface area (Å²) in [5, 5.41) is 1.06. The molecule has 1 fully saturated rings. The zero-order valence-corrected chi connectivity index (χ0v) is 11.0. The highest BCUT2D eigenvalue weighted by Crippen LogP contribution is 2.24. The highest BCUT2D eigenvalue weighted by molar-refractivity contribution is 9.09. The fraction of sp³-hybridized carbons (Fsp3) is 0.636. The second-order valence-electron chi connectivity index (χ2n) is 3.90. The van der Waals surface area contributed by atoms with Gasteiger partial charge in [0.1, 0.15) is 12.1 Å². The number of hydrogen-bond acceptors (Lipinski definition) is 4. The van der Waals surface area contributed by atoms with E-state index in [1.807, 2.05) is 13.0 Å². The van der Waals surface area contributed by atoms with E-state index < -0.39 is 0 Å². The number of halogens is 1. The Bertz CT molecular complexity index is 348. The van der Waals surface area contributed by atoms with Crippen LogP contribution in [0.25, 0.3) is 0 Å². The van der Waals surface area contributed by atoms with E-state index in [-0.39, 0.29) is 0 Å². The molecule has 0 bridgehead atoms. The van der Waals surface area contributed by atoms with E-state index in [1.165, 1.54) is 6.42 Å². The number of hydrogen-bond donors (Lipinski definition) is 0. The summed E-state index contributed by atoms with van der Waals surface area (Å²) in [5.74, 6) is 2.36. The Kier molecular flexibility index (Phi) is 3.98. The monoisotopic (exact) mass is 285 g/mol. The van der Waals surface area contributed by atoms with E-state index in [4.69, 9.17) is 4.74 Å². The maximum atomic E-state index is 5.37. The van der Waals surface area contributed by atoms with Gasteiger partial charge >= 0.3 is 0 Å². The van der Waals surface area contributed by atoms with Crippen molar-refractivity contribution in [2.75, 3.05) is 29.9 Å². The molecule has 0 N–H and O–H groups in total. The van der Waals surface area contributed by atoms with Gasteiger partial charge in [0.05, 0.1) is 6.61 Å². The van der Waals surface area contributed by atoms with Crippen LogP contribution in [-0.4, -0.2) is 35.0 Å². The molecule has 0 amide bonds. The smallest absolute Gasteiger partial charge is 0.218 e. The molecule has 0 radical (unpaired) electrons. The molecular weight excluding hydrogens is 270 g/mol. The Morgan fingerprint density at radius 1 is 1.56 bits per heavy atom. The lowest BCUT2D eigenvalue weighted by Crippen LogP contribution is -2.21. The maximum absolute atomic E-state index is 5.37. The van der Waals surface area contributed by atoms with Crippen LogP contribution in [0.5, 0.6) is 5.88 Å². The molecule has 0 aliphatic carbocycles. The average Bonchev–Trinajstić information content (AvgIpc) is 2.78. The van der Waals surface area contributed by atoms with Gasteiger partial charge in [-0.15, -0.1) is 0 Å². The Labute approximate surface area is 104 Å². The summed E-state index contributed by atoms with van der Waals surface area (Å²) in [6.07, 6.45) is 2.79. The van der Waals surface area contributed by atoms with Gasteiger partial charge in [-0.1, -0.05) is 15.9 Å². The number of alkyl halides is 1. The summed E-state index contributed by atoms with van der Waals surface area (Å²) >= 11 is 3.53. The van der Waals surface area contributed by atoms with Crippen LogP contribution < -0.4 is 9.64 Å². The fourth-order valence-corrected chi connectivity index (χ4v) is 2.42. The van der Waals surface area contributed by atoms with E-state index in [0.29, 0.717) is 12.5 Å². The van der Waals surface area contributed by atoms with Crippen LogP contribution in [0, 0.1) is 5.92 Å². The molecule has 1 aromatic rings. The van der Waals surface area contributed by atoms with Gasteiger partial charge in [-0.25, -0.2) is 9.97 Å². The largest absolute Gasteiger partial charge is 0.478 e. The first kappa shape index (κ1) is 11.6. The fourth-order valence-electron chi connectivity index (χ4n) is 1.90. The number of ether oxygens (including phenoxy) is 1. The van der Waals surface area contributed by atoms with Crippen LogP contribution in [0.1, 0.15) is 13.3 Å². The summed E-state index contributed by atoms with van der Waals surface area (Å²) in [6, 6.07) is 1.92. The van der Waals surface area contributed by atoms with Crippen LogP contribution in [0.15, 0.2) is 12.4 Å². The molecule has 4 nitrogen and oxygen atoms in total. The molecule has 16 heavy (non-hydrogen) atoms. The molecule has 1 atom stereocenters. The minimum atomic E-state index is 0.639. The van der Waals surface area contributed by atoms with E-state index in [2.05, 4.69) is 30.8 Å². The minimum Gasteiger partial charge on any atom is -0.478 e. The first-order chi connectivity index (χ1) is 7.83. The lowest BCUT2D eigenvalue weighted by atomic mass is 10.2. The van der Waals surface area contributed by atoms with Gasteiger partial charge in [-0.05, 0) is 19.3 Å². The number of nitrogens with zero attached hydrogens (tertiary/aromatic N) is 3. The van der Waals surface area contributed by atoms with E-state index >= 15 is 0 Å². The van der Waals surface area contributed by atoms with Gasteiger partial charge in [-0.2, -0.15) is 0 Å². The van der Waals surface area contributed by atoms with E-state index in [1.54, 1.807) is 6.33 Å². The third-order valence-corrected chi connectivity index (χ3v) is 3.66. The van der Waals surface area contributed by atoms with Crippen molar-refractivity contribution in [1.82, 2.24) is 9.97 Å². The second-order valence-corrected chi connectivity index (χ2v) is 4.55. The lowest BCUT2D eigenvalue weighted by Gasteiger charge is -2.17. The predicted molar refractivity (Wildman–Crippen MR) is 67.3 cm³/mol. The zero-order chi connectivity index (χ0) is 11.4. The summed E-state index contributed by atoms with van der Waals surface area (Å²) < 4.78 is 5.37. The average molecular weight is 286 g/mol. The van der Waals surface area contributed by atoms with Gasteiger partial charge in [0, 0.05) is 24.5 Å². The SMILES string of the molecule is CCOc1cc(N2CCC(CBr)C2)ncn1. The summed E-state index contributed by atoms with van der Waals surface area (Å²) in [5.41, 5.74) is 0. The molecule has 2 rings (SSSR count). The second kappa shape index (κ2) is 5.48. The van der Waals surface area contributed by atoms with Crippen molar-refractivity contribution in [3.05, 3.63) is 12.4 Å². The van der Waals surface area contributed by atoms with Gasteiger partial charge in [0.15, 0.2) is 0 Å². The van der Waals surface area contributed by atoms with Crippen molar-refractivity contribution in [2.24, 2.45) is 5.92 Å². The van der Waals surface area contributed by atoms with Crippen LogP contribution in [0.2, 0.25) is 0 Å². The third-order valence-electron chi connectivity index (χ3n) is 2.75. The predicted octanol–water partition coefficient (Wildman–Crippen LogP) is 2.10. The Morgan fingerprint density at radius 2 is 2.44 bits per heavy atom. The van der Waals surface area contributed by atoms with E-state index in [0.717, 1.165) is 30.2 Å². The highest BCUT2D eigenvalue weighted by atomic mass is 79.9. The summed E-state index contributed by atoms with van der Waals surface area (Å²) in [7, 11) is 0. The molecule has 0 spiro atoms. The molecule has 0 aromatic carbocycles. The normalized spacial score (nSPS) is 20.1. The van der Waals surface area contributed by atoms with Crippen molar-refractivity contribution in [2.45, 2.75) is 13.3 Å². The quantitative estimate of drug-likeness (QED) is 0.794. The van der Waals surface area contributed by atoms with Crippen LogP contribution in [0.4, 0.5) is 5.82 Å². The van der Waals surface area contributed by atoms with Crippen molar-refractivity contribution in [3.63, 3.8) is 0 Å². The van der Waals surface area contributed by atoms with Crippen molar-refractivity contribution in [3.8, 4) is 5.88 Å². The molecule has 1 aromatic heterocycles. The Balaban J connectivity index is 2.06.